The molecule has 1 aromatic rings. The molecule has 1 atom stereocenters. The van der Waals surface area contributed by atoms with Crippen LogP contribution in [0.25, 0.3) is 0 Å². The lowest BCUT2D eigenvalue weighted by Gasteiger charge is -2.12. The second kappa shape index (κ2) is 4.02. The summed E-state index contributed by atoms with van der Waals surface area (Å²) in [6.07, 6.45) is 2.71. The highest BCUT2D eigenvalue weighted by atomic mass is 79.9. The Bertz CT molecular complexity index is 277. The Morgan fingerprint density at radius 1 is 1.31 bits per heavy atom. The van der Waals surface area contributed by atoms with E-state index >= 15 is 0 Å². The van der Waals surface area contributed by atoms with Gasteiger partial charge in [-0.25, -0.2) is 0 Å². The zero-order valence-corrected chi connectivity index (χ0v) is 9.68. The summed E-state index contributed by atoms with van der Waals surface area (Å²) in [5.41, 5.74) is 1.39. The Morgan fingerprint density at radius 2 is 1.92 bits per heavy atom. The summed E-state index contributed by atoms with van der Waals surface area (Å²) in [7, 11) is 0. The van der Waals surface area contributed by atoms with Gasteiger partial charge >= 0.3 is 0 Å². The van der Waals surface area contributed by atoms with Gasteiger partial charge in [-0.2, -0.15) is 0 Å². The fourth-order valence-corrected chi connectivity index (χ4v) is 2.39. The van der Waals surface area contributed by atoms with Gasteiger partial charge in [0.1, 0.15) is 0 Å². The van der Waals surface area contributed by atoms with E-state index in [9.17, 15) is 0 Å². The number of hydrogen-bond donors (Lipinski definition) is 0. The van der Waals surface area contributed by atoms with Gasteiger partial charge in [-0.3, -0.25) is 0 Å². The molecule has 2 heteroatoms. The van der Waals surface area contributed by atoms with E-state index in [1.165, 1.54) is 18.4 Å². The topological polar surface area (TPSA) is 0 Å². The smallest absolute Gasteiger partial charge is 0.0294 e. The van der Waals surface area contributed by atoms with Crippen LogP contribution >= 0.6 is 27.5 Å². The Kier molecular flexibility index (Phi) is 2.95. The predicted octanol–water partition coefficient (Wildman–Crippen LogP) is 4.18. The van der Waals surface area contributed by atoms with Crippen LogP contribution in [-0.4, -0.2) is 5.88 Å². The molecule has 1 saturated carbocycles. The van der Waals surface area contributed by atoms with E-state index in [4.69, 9.17) is 11.6 Å². The van der Waals surface area contributed by atoms with Crippen molar-refractivity contribution in [2.45, 2.75) is 18.8 Å². The van der Waals surface area contributed by atoms with Crippen molar-refractivity contribution in [3.8, 4) is 0 Å². The first-order chi connectivity index (χ1) is 6.31. The third-order valence-electron chi connectivity index (χ3n) is 2.66. The van der Waals surface area contributed by atoms with Gasteiger partial charge in [-0.1, -0.05) is 28.1 Å². The zero-order valence-electron chi connectivity index (χ0n) is 7.34. The summed E-state index contributed by atoms with van der Waals surface area (Å²) in [6.45, 7) is 0. The number of hydrogen-bond acceptors (Lipinski definition) is 0. The van der Waals surface area contributed by atoms with Gasteiger partial charge in [-0.05, 0) is 36.5 Å². The van der Waals surface area contributed by atoms with E-state index in [1.807, 2.05) is 0 Å². The van der Waals surface area contributed by atoms with Crippen LogP contribution in [0.3, 0.4) is 0 Å². The minimum atomic E-state index is 0.578. The average Bonchev–Trinajstić information content (AvgIpc) is 2.93. The number of alkyl halides is 1. The molecule has 70 valence electrons. The van der Waals surface area contributed by atoms with Crippen molar-refractivity contribution in [2.24, 2.45) is 5.92 Å². The molecule has 0 bridgehead atoms. The van der Waals surface area contributed by atoms with E-state index in [0.717, 1.165) is 16.3 Å². The van der Waals surface area contributed by atoms with Gasteiger partial charge in [-0.15, -0.1) is 11.6 Å². The van der Waals surface area contributed by atoms with Crippen LogP contribution in [-0.2, 0) is 0 Å². The lowest BCUT2D eigenvalue weighted by molar-refractivity contribution is 0.670. The zero-order chi connectivity index (χ0) is 9.26. The largest absolute Gasteiger partial charge is 0.126 e. The van der Waals surface area contributed by atoms with Crippen molar-refractivity contribution in [1.82, 2.24) is 0 Å². The normalized spacial score (nSPS) is 18.6. The van der Waals surface area contributed by atoms with Crippen LogP contribution in [0.2, 0.25) is 0 Å². The van der Waals surface area contributed by atoms with Crippen molar-refractivity contribution in [1.29, 1.82) is 0 Å². The molecule has 1 fully saturated rings. The van der Waals surface area contributed by atoms with Crippen molar-refractivity contribution >= 4 is 27.5 Å². The minimum absolute atomic E-state index is 0.578. The number of benzene rings is 1. The monoisotopic (exact) mass is 258 g/mol. The molecule has 0 spiro atoms. The van der Waals surface area contributed by atoms with E-state index in [2.05, 4.69) is 40.2 Å². The highest BCUT2D eigenvalue weighted by molar-refractivity contribution is 9.10. The van der Waals surface area contributed by atoms with Crippen molar-refractivity contribution in [2.75, 3.05) is 5.88 Å². The fourth-order valence-electron chi connectivity index (χ4n) is 1.70. The molecule has 0 saturated heterocycles. The van der Waals surface area contributed by atoms with Crippen molar-refractivity contribution < 1.29 is 0 Å². The van der Waals surface area contributed by atoms with E-state index in [0.29, 0.717) is 5.92 Å². The summed E-state index contributed by atoms with van der Waals surface area (Å²) in [5.74, 6) is 2.18. The van der Waals surface area contributed by atoms with Crippen LogP contribution in [0.4, 0.5) is 0 Å². The molecule has 1 aromatic carbocycles. The minimum Gasteiger partial charge on any atom is -0.126 e. The first-order valence-electron chi connectivity index (χ1n) is 4.62. The Balaban J connectivity index is 2.17. The van der Waals surface area contributed by atoms with Gasteiger partial charge in [0, 0.05) is 16.3 Å². The highest BCUT2D eigenvalue weighted by Crippen LogP contribution is 2.43. The Morgan fingerprint density at radius 3 is 2.38 bits per heavy atom. The second-order valence-corrected chi connectivity index (χ2v) is 4.87. The summed E-state index contributed by atoms with van der Waals surface area (Å²) in [5, 5.41) is 0. The molecule has 1 aliphatic carbocycles. The third-order valence-corrected chi connectivity index (χ3v) is 3.52. The van der Waals surface area contributed by atoms with E-state index < -0.39 is 0 Å². The molecular formula is C11H12BrCl. The van der Waals surface area contributed by atoms with Gasteiger partial charge in [0.05, 0.1) is 0 Å². The molecule has 2 rings (SSSR count). The maximum Gasteiger partial charge on any atom is 0.0294 e. The fraction of sp³-hybridized carbons (Fsp3) is 0.455. The van der Waals surface area contributed by atoms with Crippen LogP contribution in [0, 0.1) is 5.92 Å². The molecule has 13 heavy (non-hydrogen) atoms. The van der Waals surface area contributed by atoms with E-state index in [-0.39, 0.29) is 0 Å². The summed E-state index contributed by atoms with van der Waals surface area (Å²) in [4.78, 5) is 0. The van der Waals surface area contributed by atoms with Gasteiger partial charge in [0.15, 0.2) is 0 Å². The first-order valence-corrected chi connectivity index (χ1v) is 5.95. The van der Waals surface area contributed by atoms with Crippen LogP contribution < -0.4 is 0 Å². The molecular weight excluding hydrogens is 247 g/mol. The van der Waals surface area contributed by atoms with Crippen LogP contribution in [0.1, 0.15) is 24.3 Å². The summed E-state index contributed by atoms with van der Waals surface area (Å²) >= 11 is 9.40. The third kappa shape index (κ3) is 2.26. The van der Waals surface area contributed by atoms with Crippen molar-refractivity contribution in [3.63, 3.8) is 0 Å². The average molecular weight is 260 g/mol. The predicted molar refractivity (Wildman–Crippen MR) is 60.3 cm³/mol. The standard InChI is InChI=1S/C11H12BrCl/c12-10-5-3-9(4-6-10)11(7-13)8-1-2-8/h3-6,8,11H,1-2,7H2. The summed E-state index contributed by atoms with van der Waals surface area (Å²) in [6, 6.07) is 8.54. The van der Waals surface area contributed by atoms with Crippen LogP contribution in [0.15, 0.2) is 28.7 Å². The van der Waals surface area contributed by atoms with Gasteiger partial charge in [0.2, 0.25) is 0 Å². The SMILES string of the molecule is ClCC(c1ccc(Br)cc1)C1CC1. The van der Waals surface area contributed by atoms with Crippen molar-refractivity contribution in [3.05, 3.63) is 34.3 Å². The van der Waals surface area contributed by atoms with Crippen LogP contribution in [0.5, 0.6) is 0 Å². The second-order valence-electron chi connectivity index (χ2n) is 3.65. The lowest BCUT2D eigenvalue weighted by atomic mass is 9.96. The number of rotatable bonds is 3. The molecule has 0 aliphatic heterocycles. The molecule has 0 N–H and O–H groups in total. The molecule has 1 aliphatic rings. The quantitative estimate of drug-likeness (QED) is 0.714. The number of halogens is 2. The molecule has 0 heterocycles. The van der Waals surface area contributed by atoms with Gasteiger partial charge in [0.25, 0.3) is 0 Å². The molecule has 0 aromatic heterocycles. The summed E-state index contributed by atoms with van der Waals surface area (Å²) < 4.78 is 1.14. The highest BCUT2D eigenvalue weighted by Gasteiger charge is 2.31. The van der Waals surface area contributed by atoms with Gasteiger partial charge < -0.3 is 0 Å². The first kappa shape index (κ1) is 9.54. The van der Waals surface area contributed by atoms with E-state index in [1.54, 1.807) is 0 Å². The molecule has 1 unspecified atom stereocenters. The maximum absolute atomic E-state index is 5.97. The molecule has 0 nitrogen and oxygen atoms in total. The molecule has 0 amide bonds. The Labute approximate surface area is 92.4 Å². The maximum atomic E-state index is 5.97. The Hall–Kier alpha value is -0.0100. The molecule has 0 radical (unpaired) electrons. The lowest BCUT2D eigenvalue weighted by Crippen LogP contribution is -2.02.